The molecule has 0 saturated heterocycles. The molecule has 0 aliphatic heterocycles. The number of fused-ring (bicyclic) bond motifs is 7. The van der Waals surface area contributed by atoms with Gasteiger partial charge in [0.25, 0.3) is 0 Å². The Balaban J connectivity index is 0.00000720. The number of rotatable bonds is 7. The standard InChI is InChI=1S/C65H60N2O2.Pt/c1-38-28-57(66-36-40(38)3)47-29-54(43-17-13-12-14-18-43)42(5)59(30-47)68-49-31-55-52-26-23-45-22-21-44-19-15-16-20-51(44)60(45)62(52)69-61(55)56(32-49)58-33-53(41(4)37-67-58)50-25-24-46(27-39(50)2)48-34-63(6,7)65(10,11)64(8,9)35-48;/h12-29,31,33,36-37,48H,34-35H2,1-11H3;/q-2;+2/i1D3,3D3,5D3,48D;. The van der Waals surface area contributed by atoms with Crippen LogP contribution >= 0.6 is 0 Å². The number of benzene rings is 7. The van der Waals surface area contributed by atoms with Crippen molar-refractivity contribution in [2.24, 2.45) is 16.2 Å². The van der Waals surface area contributed by atoms with Crippen LogP contribution in [-0.2, 0) is 21.1 Å². The number of nitrogens with zero attached hydrogens (tertiary/aromatic N) is 2. The molecule has 4 nitrogen and oxygen atoms in total. The summed E-state index contributed by atoms with van der Waals surface area (Å²) in [6.45, 7) is 9.59. The molecule has 0 atom stereocenters. The average Bonchev–Trinajstić information content (AvgIpc) is 3.75. The number of furan rings is 1. The van der Waals surface area contributed by atoms with Crippen LogP contribution in [0.3, 0.4) is 0 Å². The number of ether oxygens (including phenoxy) is 1. The predicted molar refractivity (Wildman–Crippen MR) is 287 cm³/mol. The second-order valence-corrected chi connectivity index (χ2v) is 20.8. The van der Waals surface area contributed by atoms with E-state index in [2.05, 4.69) is 114 Å². The number of aryl methyl sites for hydroxylation is 4. The van der Waals surface area contributed by atoms with Crippen molar-refractivity contribution < 1.29 is 43.9 Å². The van der Waals surface area contributed by atoms with E-state index in [4.69, 9.17) is 26.5 Å². The Kier molecular flexibility index (Phi) is 9.14. The zero-order chi connectivity index (χ0) is 56.6. The van der Waals surface area contributed by atoms with Gasteiger partial charge in [-0.3, -0.25) is 0 Å². The summed E-state index contributed by atoms with van der Waals surface area (Å²) in [6.07, 6.45) is 4.32. The topological polar surface area (TPSA) is 48.2 Å². The molecule has 0 spiro atoms. The van der Waals surface area contributed by atoms with Crippen LogP contribution in [0.4, 0.5) is 0 Å². The maximum Gasteiger partial charge on any atom is 2.00 e. The SMILES string of the molecule is [2H]C([2H])([2H])c1cnc(-c2[c-]c(Oc3[c-]c(-c4cc(-c5ccc(C6([2H])CC(C)(C)C(C)(C)C(C)(C)C6)cc5C)c(C)cn4)c4oc5c(ccc6ccc7ccccc7c65)c4c3)c(C([2H])([2H])[2H])c(-c3ccccc3)c2)cc1C([2H])([2H])[2H].[Pt+2]. The molecule has 1 aliphatic rings. The summed E-state index contributed by atoms with van der Waals surface area (Å²) >= 11 is 0. The van der Waals surface area contributed by atoms with E-state index < -0.39 is 37.6 Å². The molecule has 0 unspecified atom stereocenters. The van der Waals surface area contributed by atoms with E-state index in [9.17, 15) is 1.37 Å². The maximum absolute atomic E-state index is 10.0. The number of aromatic nitrogens is 2. The van der Waals surface area contributed by atoms with Crippen molar-refractivity contribution in [3.8, 4) is 56.3 Å². The minimum absolute atomic E-state index is 0. The van der Waals surface area contributed by atoms with Gasteiger partial charge in [0, 0.05) is 48.4 Å². The third-order valence-corrected chi connectivity index (χ3v) is 15.8. The summed E-state index contributed by atoms with van der Waals surface area (Å²) in [4.78, 5) is 9.49. The Morgan fingerprint density at radius 3 is 2.09 bits per heavy atom. The zero-order valence-corrected chi connectivity index (χ0v) is 42.9. The summed E-state index contributed by atoms with van der Waals surface area (Å²) in [6, 6.07) is 44.9. The van der Waals surface area contributed by atoms with Gasteiger partial charge in [0.05, 0.1) is 5.58 Å². The molecule has 11 rings (SSSR count). The second-order valence-electron chi connectivity index (χ2n) is 20.8. The van der Waals surface area contributed by atoms with E-state index in [1.165, 1.54) is 6.07 Å². The molecule has 0 radical (unpaired) electrons. The Morgan fingerprint density at radius 2 is 1.33 bits per heavy atom. The first-order valence-electron chi connectivity index (χ1n) is 28.6. The first kappa shape index (κ1) is 36.6. The van der Waals surface area contributed by atoms with Gasteiger partial charge in [-0.1, -0.05) is 203 Å². The van der Waals surface area contributed by atoms with Gasteiger partial charge < -0.3 is 19.1 Å². The Labute approximate surface area is 441 Å². The van der Waals surface area contributed by atoms with Gasteiger partial charge in [-0.15, -0.1) is 11.6 Å². The Hall–Kier alpha value is -6.35. The molecule has 0 amide bonds. The predicted octanol–water partition coefficient (Wildman–Crippen LogP) is 18.2. The molecule has 0 bridgehead atoms. The molecule has 7 aromatic carbocycles. The molecule has 10 aromatic rings. The molecular formula is C65H60N2O2Pt. The largest absolute Gasteiger partial charge is 2.00 e. The van der Waals surface area contributed by atoms with Crippen molar-refractivity contribution >= 4 is 43.5 Å². The smallest absolute Gasteiger partial charge is 0.500 e. The normalized spacial score (nSPS) is 18.5. The molecule has 352 valence electrons. The first-order valence-corrected chi connectivity index (χ1v) is 23.6. The van der Waals surface area contributed by atoms with Gasteiger partial charge in [-0.25, -0.2) is 0 Å². The van der Waals surface area contributed by atoms with Crippen LogP contribution in [0.1, 0.15) is 107 Å². The van der Waals surface area contributed by atoms with Crippen LogP contribution in [0.5, 0.6) is 11.5 Å². The minimum atomic E-state index is -2.83. The fourth-order valence-electron chi connectivity index (χ4n) is 10.7. The van der Waals surface area contributed by atoms with E-state index in [1.807, 2.05) is 43.5 Å². The number of pyridine rings is 2. The van der Waals surface area contributed by atoms with Gasteiger partial charge >= 0.3 is 21.1 Å². The molecule has 0 N–H and O–H groups in total. The van der Waals surface area contributed by atoms with Crippen LogP contribution in [0.25, 0.3) is 88.3 Å². The van der Waals surface area contributed by atoms with Gasteiger partial charge in [-0.2, -0.15) is 0 Å². The van der Waals surface area contributed by atoms with Crippen LogP contribution in [0, 0.1) is 62.8 Å². The number of hydrogen-bond acceptors (Lipinski definition) is 4. The molecule has 3 heterocycles. The molecule has 5 heteroatoms. The summed E-state index contributed by atoms with van der Waals surface area (Å²) < 4.78 is 100. The van der Waals surface area contributed by atoms with Crippen molar-refractivity contribution in [2.75, 3.05) is 0 Å². The van der Waals surface area contributed by atoms with Crippen molar-refractivity contribution in [1.82, 2.24) is 9.97 Å². The van der Waals surface area contributed by atoms with Gasteiger partial charge in [0.15, 0.2) is 0 Å². The van der Waals surface area contributed by atoms with Crippen LogP contribution in [-0.4, -0.2) is 9.97 Å². The Bertz CT molecular complexity index is 4080. The van der Waals surface area contributed by atoms with Crippen molar-refractivity contribution in [2.45, 2.75) is 94.7 Å². The minimum Gasteiger partial charge on any atom is -0.500 e. The van der Waals surface area contributed by atoms with E-state index >= 15 is 0 Å². The van der Waals surface area contributed by atoms with Crippen LogP contribution < -0.4 is 4.74 Å². The molecule has 3 aromatic heterocycles. The van der Waals surface area contributed by atoms with Crippen molar-refractivity contribution in [1.29, 1.82) is 0 Å². The third-order valence-electron chi connectivity index (χ3n) is 15.8. The molecular weight excluding hydrogens is 1040 g/mol. The van der Waals surface area contributed by atoms with Crippen molar-refractivity contribution in [3.63, 3.8) is 0 Å². The molecule has 1 aliphatic carbocycles. The first-order chi connectivity index (χ1) is 37.0. The monoisotopic (exact) mass is 1110 g/mol. The van der Waals surface area contributed by atoms with E-state index in [0.717, 1.165) is 73.8 Å². The van der Waals surface area contributed by atoms with Gasteiger partial charge in [-0.05, 0) is 129 Å². The third kappa shape index (κ3) is 7.88. The molecule has 1 saturated carbocycles. The van der Waals surface area contributed by atoms with Crippen LogP contribution in [0.2, 0.25) is 0 Å². The van der Waals surface area contributed by atoms with E-state index in [1.54, 1.807) is 36.4 Å². The quantitative estimate of drug-likeness (QED) is 0.118. The average molecular weight is 1110 g/mol. The summed E-state index contributed by atoms with van der Waals surface area (Å²) in [5.74, 6) is -0.878. The summed E-state index contributed by atoms with van der Waals surface area (Å²) in [5, 5.41) is 5.36. The number of hydrogen-bond donors (Lipinski definition) is 0. The second kappa shape index (κ2) is 17.5. The van der Waals surface area contributed by atoms with Crippen molar-refractivity contribution in [3.05, 3.63) is 179 Å². The zero-order valence-electron chi connectivity index (χ0n) is 50.6. The van der Waals surface area contributed by atoms with E-state index in [0.29, 0.717) is 33.4 Å². The maximum atomic E-state index is 10.0. The Morgan fingerprint density at radius 1 is 0.614 bits per heavy atom. The van der Waals surface area contributed by atoms with Gasteiger partial charge in [0.1, 0.15) is 5.58 Å². The fourth-order valence-corrected chi connectivity index (χ4v) is 10.7. The van der Waals surface area contributed by atoms with E-state index in [-0.39, 0.29) is 71.2 Å². The molecule has 1 fully saturated rings. The van der Waals surface area contributed by atoms with Gasteiger partial charge in [0.2, 0.25) is 0 Å². The van der Waals surface area contributed by atoms with Crippen LogP contribution in [0.15, 0.2) is 138 Å². The molecule has 70 heavy (non-hydrogen) atoms. The summed E-state index contributed by atoms with van der Waals surface area (Å²) in [7, 11) is 0. The fraction of sp³-hybridized carbons (Fsp3) is 0.262. The summed E-state index contributed by atoms with van der Waals surface area (Å²) in [5.41, 5.74) is 6.74.